The van der Waals surface area contributed by atoms with Crippen molar-refractivity contribution in [3.8, 4) is 0 Å². The second-order valence-electron chi connectivity index (χ2n) is 2.16. The van der Waals surface area contributed by atoms with E-state index in [4.69, 9.17) is 0 Å². The number of hydrogen-bond donors (Lipinski definition) is 0. The molecule has 6 nitrogen and oxygen atoms in total. The van der Waals surface area contributed by atoms with Gasteiger partial charge in [0.05, 0.1) is 0 Å². The van der Waals surface area contributed by atoms with Crippen molar-refractivity contribution in [2.45, 2.75) is 5.16 Å². The molecule has 1 aliphatic rings. The van der Waals surface area contributed by atoms with Gasteiger partial charge in [-0.15, -0.1) is 14.6 Å². The number of aromatic nitrogens is 3. The molecule has 0 radical (unpaired) electrons. The zero-order valence-electron chi connectivity index (χ0n) is 5.59. The number of fused-ring (bicyclic) bond motifs is 1. The Morgan fingerprint density at radius 2 is 2.36 bits per heavy atom. The first kappa shape index (κ1) is 6.47. The monoisotopic (exact) mass is 172 g/mol. The molecule has 11 heavy (non-hydrogen) atoms. The Balaban J connectivity index is 2.89. The van der Waals surface area contributed by atoms with E-state index in [0.29, 0.717) is 0 Å². The third kappa shape index (κ3) is 0.709. The summed E-state index contributed by atoms with van der Waals surface area (Å²) in [5.41, 5.74) is 0. The lowest BCUT2D eigenvalue weighted by atomic mass is 10.9. The van der Waals surface area contributed by atoms with Crippen molar-refractivity contribution in [1.82, 2.24) is 14.8 Å². The van der Waals surface area contributed by atoms with Gasteiger partial charge >= 0.3 is 6.03 Å². The fraction of sp³-hybridized carbons (Fsp3) is 0.250. The molecule has 7 heteroatoms. The van der Waals surface area contributed by atoms with E-state index in [1.165, 1.54) is 12.6 Å². The van der Waals surface area contributed by atoms with Gasteiger partial charge in [-0.2, -0.15) is 0 Å². The second kappa shape index (κ2) is 1.67. The molecule has 0 N–H and O–H groups in total. The maximum Gasteiger partial charge on any atom is 0.363 e. The second-order valence-corrected chi connectivity index (χ2v) is 4.31. The highest BCUT2D eigenvalue weighted by Gasteiger charge is 2.26. The Hall–Kier alpha value is -1.24. The molecule has 1 aromatic heterocycles. The summed E-state index contributed by atoms with van der Waals surface area (Å²) < 4.78 is 15.9. The van der Waals surface area contributed by atoms with Crippen LogP contribution in [0.3, 0.4) is 0 Å². The van der Waals surface area contributed by atoms with Gasteiger partial charge in [0.15, 0.2) is 0 Å². The third-order valence-corrected chi connectivity index (χ3v) is 2.77. The summed E-state index contributed by atoms with van der Waals surface area (Å²) in [7, 11) is -2.60. The van der Waals surface area contributed by atoms with E-state index in [2.05, 4.69) is 14.6 Å². The molecule has 0 saturated carbocycles. The summed E-state index contributed by atoms with van der Waals surface area (Å²) in [5, 5.41) is 7.11. The van der Waals surface area contributed by atoms with Gasteiger partial charge in [0.1, 0.15) is 16.1 Å². The molecule has 0 aliphatic carbocycles. The quantitative estimate of drug-likeness (QED) is 0.539. The van der Waals surface area contributed by atoms with Crippen molar-refractivity contribution in [3.63, 3.8) is 0 Å². The first-order chi connectivity index (χ1) is 5.11. The molecule has 1 aromatic rings. The van der Waals surface area contributed by atoms with Gasteiger partial charge in [0.25, 0.3) is 0 Å². The Labute approximate surface area is 62.4 Å². The summed E-state index contributed by atoms with van der Waals surface area (Å²) in [4.78, 5) is 10.9. The molecular formula is C4H4N4O2S. The van der Waals surface area contributed by atoms with Gasteiger partial charge < -0.3 is 0 Å². The normalized spacial score (nSPS) is 28.3. The molecule has 0 aromatic carbocycles. The number of hydrogen-bond acceptors (Lipinski definition) is 4. The summed E-state index contributed by atoms with van der Waals surface area (Å²) in [6.07, 6.45) is 2.57. The van der Waals surface area contributed by atoms with Crippen LogP contribution in [0.15, 0.2) is 15.8 Å². The summed E-state index contributed by atoms with van der Waals surface area (Å²) in [6.45, 7) is 0. The summed E-state index contributed by atoms with van der Waals surface area (Å²) in [6, 6.07) is -0.558. The van der Waals surface area contributed by atoms with Crippen LogP contribution in [0.25, 0.3) is 0 Å². The van der Waals surface area contributed by atoms with Crippen molar-refractivity contribution in [2.75, 3.05) is 6.26 Å². The minimum atomic E-state index is -2.60. The van der Waals surface area contributed by atoms with Gasteiger partial charge in [-0.3, -0.25) is 0 Å². The minimum absolute atomic E-state index is 0.141. The van der Waals surface area contributed by atoms with Crippen LogP contribution in [-0.4, -0.2) is 31.3 Å². The highest BCUT2D eigenvalue weighted by molar-refractivity contribution is 7.93. The lowest BCUT2D eigenvalue weighted by Crippen LogP contribution is -2.01. The van der Waals surface area contributed by atoms with Gasteiger partial charge in [0, 0.05) is 6.26 Å². The average Bonchev–Trinajstić information content (AvgIpc) is 2.37. The number of rotatable bonds is 0. The fourth-order valence-corrected chi connectivity index (χ4v) is 2.00. The molecule has 0 bridgehead atoms. The largest absolute Gasteiger partial charge is 0.363 e. The highest BCUT2D eigenvalue weighted by atomic mass is 32.2. The maximum absolute atomic E-state index is 11.4. The smallest absolute Gasteiger partial charge is 0.244 e. The Morgan fingerprint density at radius 3 is 3.00 bits per heavy atom. The number of nitrogens with zero attached hydrogens (tertiary/aromatic N) is 4. The number of amides is 1. The zero-order valence-corrected chi connectivity index (χ0v) is 6.41. The molecule has 0 saturated heterocycles. The highest BCUT2D eigenvalue weighted by Crippen LogP contribution is 2.15. The van der Waals surface area contributed by atoms with E-state index >= 15 is 0 Å². The molecule has 1 atom stereocenters. The van der Waals surface area contributed by atoms with Crippen LogP contribution in [-0.2, 0) is 9.73 Å². The van der Waals surface area contributed by atoms with Crippen LogP contribution < -0.4 is 0 Å². The zero-order chi connectivity index (χ0) is 8.06. The molecule has 0 spiro atoms. The topological polar surface area (TPSA) is 77.2 Å². The van der Waals surface area contributed by atoms with Crippen LogP contribution in [0.2, 0.25) is 0 Å². The number of carbonyl (C=O) groups excluding carboxylic acids is 1. The van der Waals surface area contributed by atoms with Crippen molar-refractivity contribution < 1.29 is 9.00 Å². The van der Waals surface area contributed by atoms with Crippen molar-refractivity contribution in [3.05, 3.63) is 6.33 Å². The number of carbonyl (C=O) groups is 1. The third-order valence-electron chi connectivity index (χ3n) is 1.31. The van der Waals surface area contributed by atoms with Crippen molar-refractivity contribution in [2.24, 2.45) is 4.36 Å². The van der Waals surface area contributed by atoms with Gasteiger partial charge in [-0.05, 0) is 0 Å². The predicted octanol–water partition coefficient (Wildman–Crippen LogP) is -0.284. The first-order valence-corrected chi connectivity index (χ1v) is 4.70. The minimum Gasteiger partial charge on any atom is -0.244 e. The van der Waals surface area contributed by atoms with Crippen molar-refractivity contribution in [1.29, 1.82) is 0 Å². The van der Waals surface area contributed by atoms with E-state index in [9.17, 15) is 9.00 Å². The fourth-order valence-electron chi connectivity index (χ4n) is 0.848. The molecule has 0 fully saturated rings. The van der Waals surface area contributed by atoms with E-state index in [-0.39, 0.29) is 5.16 Å². The first-order valence-electron chi connectivity index (χ1n) is 2.78. The lowest BCUT2D eigenvalue weighted by Gasteiger charge is -1.87. The predicted molar refractivity (Wildman–Crippen MR) is 35.6 cm³/mol. The van der Waals surface area contributed by atoms with E-state index in [0.717, 1.165) is 4.57 Å². The molecule has 2 rings (SSSR count). The molecular weight excluding hydrogens is 168 g/mol. The molecule has 1 amide bonds. The molecule has 58 valence electrons. The maximum atomic E-state index is 11.4. The van der Waals surface area contributed by atoms with Crippen LogP contribution in [0, 0.1) is 0 Å². The molecule has 1 unspecified atom stereocenters. The van der Waals surface area contributed by atoms with E-state index < -0.39 is 15.8 Å². The molecule has 2 heterocycles. The summed E-state index contributed by atoms with van der Waals surface area (Å²) in [5.74, 6) is 0. The van der Waals surface area contributed by atoms with Gasteiger partial charge in [-0.1, -0.05) is 0 Å². The molecule has 1 aliphatic heterocycles. The van der Waals surface area contributed by atoms with E-state index in [1.54, 1.807) is 0 Å². The SMILES string of the molecule is CS1(=O)=NC(=O)n2cnnc21. The van der Waals surface area contributed by atoms with Gasteiger partial charge in [-0.25, -0.2) is 13.6 Å². The Kier molecular flexibility index (Phi) is 0.984. The van der Waals surface area contributed by atoms with Crippen LogP contribution in [0.5, 0.6) is 0 Å². The van der Waals surface area contributed by atoms with Crippen LogP contribution in [0.1, 0.15) is 0 Å². The standard InChI is InChI=1S/C4H4N4O2S/c1-11(10)4-6-5-2-8(4)3(9)7-11/h2H,1H3. The van der Waals surface area contributed by atoms with Crippen LogP contribution in [0.4, 0.5) is 4.79 Å². The van der Waals surface area contributed by atoms with Gasteiger partial charge in [0.2, 0.25) is 5.16 Å². The average molecular weight is 172 g/mol. The van der Waals surface area contributed by atoms with Crippen LogP contribution >= 0.6 is 0 Å². The van der Waals surface area contributed by atoms with Crippen molar-refractivity contribution >= 4 is 15.8 Å². The van der Waals surface area contributed by atoms with E-state index in [1.807, 2.05) is 0 Å². The Bertz CT molecular complexity index is 439. The lowest BCUT2D eigenvalue weighted by molar-refractivity contribution is 0.250. The Morgan fingerprint density at radius 1 is 1.64 bits per heavy atom. The summed E-state index contributed by atoms with van der Waals surface area (Å²) >= 11 is 0.